The molecule has 0 spiro atoms. The Hall–Kier alpha value is -2.77. The number of anilines is 2. The number of nitrogens with one attached hydrogen (secondary N) is 2. The maximum absolute atomic E-state index is 12.4. The van der Waals surface area contributed by atoms with Gasteiger partial charge >= 0.3 is 0 Å². The fourth-order valence-corrected chi connectivity index (χ4v) is 2.86. The van der Waals surface area contributed by atoms with Gasteiger partial charge in [-0.15, -0.1) is 11.3 Å². The molecule has 2 heterocycles. The summed E-state index contributed by atoms with van der Waals surface area (Å²) in [6.07, 6.45) is 1.49. The Bertz CT molecular complexity index is 896. The summed E-state index contributed by atoms with van der Waals surface area (Å²) >= 11 is 7.21. The van der Waals surface area contributed by atoms with Crippen LogP contribution in [0.15, 0.2) is 53.5 Å². The molecule has 0 saturated carbocycles. The SMILES string of the molecule is C[C@H](C(=O)Nc1ccc(NC(=O)c2cscn2)nc1)c1ccc(Cl)cc1. The van der Waals surface area contributed by atoms with Gasteiger partial charge in [0.25, 0.3) is 5.91 Å². The van der Waals surface area contributed by atoms with Crippen LogP contribution in [-0.4, -0.2) is 21.8 Å². The molecule has 3 aromatic rings. The Morgan fingerprint density at radius 3 is 2.46 bits per heavy atom. The van der Waals surface area contributed by atoms with Crippen molar-refractivity contribution in [1.29, 1.82) is 0 Å². The lowest BCUT2D eigenvalue weighted by Crippen LogP contribution is -2.19. The summed E-state index contributed by atoms with van der Waals surface area (Å²) in [6.45, 7) is 1.81. The summed E-state index contributed by atoms with van der Waals surface area (Å²) in [6, 6.07) is 10.4. The minimum Gasteiger partial charge on any atom is -0.324 e. The van der Waals surface area contributed by atoms with E-state index in [2.05, 4.69) is 20.6 Å². The first-order valence-corrected chi connectivity index (χ1v) is 9.07. The predicted octanol–water partition coefficient (Wildman–Crippen LogP) is 4.19. The summed E-state index contributed by atoms with van der Waals surface area (Å²) in [7, 11) is 0. The summed E-state index contributed by atoms with van der Waals surface area (Å²) < 4.78 is 0. The van der Waals surface area contributed by atoms with Crippen LogP contribution in [0.3, 0.4) is 0 Å². The third-order valence-corrected chi connectivity index (χ3v) is 4.54. The number of pyridine rings is 1. The summed E-state index contributed by atoms with van der Waals surface area (Å²) in [4.78, 5) is 32.4. The second kappa shape index (κ2) is 8.07. The van der Waals surface area contributed by atoms with Crippen molar-refractivity contribution in [3.05, 3.63) is 69.8 Å². The number of thiazole rings is 1. The number of carbonyl (C=O) groups excluding carboxylic acids is 2. The molecule has 3 rings (SSSR count). The molecule has 0 aliphatic carbocycles. The van der Waals surface area contributed by atoms with E-state index in [9.17, 15) is 9.59 Å². The van der Waals surface area contributed by atoms with Crippen LogP contribution in [0.25, 0.3) is 0 Å². The van der Waals surface area contributed by atoms with E-state index < -0.39 is 0 Å². The molecule has 0 aliphatic heterocycles. The Labute approximate surface area is 159 Å². The standard InChI is InChI=1S/C18H15ClN4O2S/c1-11(12-2-4-13(19)5-3-12)17(24)22-14-6-7-16(20-8-14)23-18(25)15-9-26-10-21-15/h2-11H,1H3,(H,22,24)(H,20,23,25)/t11-/m0/s1. The summed E-state index contributed by atoms with van der Waals surface area (Å²) in [5, 5.41) is 7.73. The largest absolute Gasteiger partial charge is 0.324 e. The predicted molar refractivity (Wildman–Crippen MR) is 103 cm³/mol. The highest BCUT2D eigenvalue weighted by atomic mass is 35.5. The number of benzene rings is 1. The first kappa shape index (κ1) is 18.0. The van der Waals surface area contributed by atoms with E-state index in [1.165, 1.54) is 17.5 Å². The smallest absolute Gasteiger partial charge is 0.276 e. The highest BCUT2D eigenvalue weighted by molar-refractivity contribution is 7.07. The van der Waals surface area contributed by atoms with E-state index in [4.69, 9.17) is 11.6 Å². The van der Waals surface area contributed by atoms with Gasteiger partial charge in [0, 0.05) is 10.4 Å². The highest BCUT2D eigenvalue weighted by Gasteiger charge is 2.15. The molecule has 0 bridgehead atoms. The highest BCUT2D eigenvalue weighted by Crippen LogP contribution is 2.20. The molecule has 1 atom stereocenters. The van der Waals surface area contributed by atoms with Crippen LogP contribution in [0, 0.1) is 0 Å². The first-order chi connectivity index (χ1) is 12.5. The van der Waals surface area contributed by atoms with Gasteiger partial charge in [0.1, 0.15) is 11.5 Å². The van der Waals surface area contributed by atoms with Gasteiger partial charge in [0.05, 0.1) is 23.3 Å². The summed E-state index contributed by atoms with van der Waals surface area (Å²) in [5.41, 5.74) is 3.34. The molecule has 26 heavy (non-hydrogen) atoms. The zero-order chi connectivity index (χ0) is 18.5. The second-order valence-corrected chi connectivity index (χ2v) is 6.68. The number of rotatable bonds is 5. The van der Waals surface area contributed by atoms with Gasteiger partial charge in [0.15, 0.2) is 0 Å². The molecule has 0 unspecified atom stereocenters. The molecule has 0 saturated heterocycles. The minimum atomic E-state index is -0.337. The lowest BCUT2D eigenvalue weighted by atomic mass is 10.0. The van der Waals surface area contributed by atoms with Crippen LogP contribution >= 0.6 is 22.9 Å². The maximum Gasteiger partial charge on any atom is 0.276 e. The third-order valence-electron chi connectivity index (χ3n) is 3.70. The molecule has 0 fully saturated rings. The van der Waals surface area contributed by atoms with Crippen molar-refractivity contribution in [2.75, 3.05) is 10.6 Å². The molecule has 6 nitrogen and oxygen atoms in total. The van der Waals surface area contributed by atoms with Crippen molar-refractivity contribution < 1.29 is 9.59 Å². The van der Waals surface area contributed by atoms with Crippen molar-refractivity contribution in [3.8, 4) is 0 Å². The van der Waals surface area contributed by atoms with Gasteiger partial charge < -0.3 is 10.6 Å². The Morgan fingerprint density at radius 2 is 1.85 bits per heavy atom. The number of hydrogen-bond acceptors (Lipinski definition) is 5. The van der Waals surface area contributed by atoms with E-state index in [1.807, 2.05) is 19.1 Å². The quantitative estimate of drug-likeness (QED) is 0.688. The molecule has 0 radical (unpaired) electrons. The minimum absolute atomic E-state index is 0.159. The number of amides is 2. The van der Waals surface area contributed by atoms with E-state index >= 15 is 0 Å². The van der Waals surface area contributed by atoms with Crippen molar-refractivity contribution in [2.24, 2.45) is 0 Å². The van der Waals surface area contributed by atoms with Crippen LogP contribution in [0.2, 0.25) is 5.02 Å². The van der Waals surface area contributed by atoms with Crippen LogP contribution < -0.4 is 10.6 Å². The van der Waals surface area contributed by atoms with E-state index in [-0.39, 0.29) is 17.7 Å². The number of nitrogens with zero attached hydrogens (tertiary/aromatic N) is 2. The van der Waals surface area contributed by atoms with Gasteiger partial charge in [0.2, 0.25) is 5.91 Å². The molecular weight excluding hydrogens is 372 g/mol. The molecule has 132 valence electrons. The molecular formula is C18H15ClN4O2S. The third kappa shape index (κ3) is 4.44. The normalized spacial score (nSPS) is 11.6. The van der Waals surface area contributed by atoms with Gasteiger partial charge in [-0.25, -0.2) is 9.97 Å². The molecule has 2 aromatic heterocycles. The van der Waals surface area contributed by atoms with E-state index in [0.717, 1.165) is 5.56 Å². The molecule has 0 aliphatic rings. The van der Waals surface area contributed by atoms with Crippen LogP contribution in [-0.2, 0) is 4.79 Å². The number of hydrogen-bond donors (Lipinski definition) is 2. The molecule has 1 aromatic carbocycles. The Balaban J connectivity index is 1.60. The zero-order valence-corrected chi connectivity index (χ0v) is 15.3. The topological polar surface area (TPSA) is 84.0 Å². The number of aromatic nitrogens is 2. The Kier molecular flexibility index (Phi) is 5.60. The van der Waals surface area contributed by atoms with Crippen molar-refractivity contribution in [2.45, 2.75) is 12.8 Å². The van der Waals surface area contributed by atoms with E-state index in [0.29, 0.717) is 22.2 Å². The number of halogens is 1. The fraction of sp³-hybridized carbons (Fsp3) is 0.111. The average molecular weight is 387 g/mol. The van der Waals surface area contributed by atoms with Crippen LogP contribution in [0.1, 0.15) is 28.9 Å². The molecule has 8 heteroatoms. The first-order valence-electron chi connectivity index (χ1n) is 7.75. The van der Waals surface area contributed by atoms with Gasteiger partial charge in [-0.1, -0.05) is 23.7 Å². The van der Waals surface area contributed by atoms with Crippen molar-refractivity contribution >= 4 is 46.3 Å². The van der Waals surface area contributed by atoms with Gasteiger partial charge in [-0.3, -0.25) is 9.59 Å². The van der Waals surface area contributed by atoms with Crippen LogP contribution in [0.5, 0.6) is 0 Å². The van der Waals surface area contributed by atoms with Crippen LogP contribution in [0.4, 0.5) is 11.5 Å². The van der Waals surface area contributed by atoms with E-state index in [1.54, 1.807) is 35.2 Å². The maximum atomic E-state index is 12.4. The second-order valence-electron chi connectivity index (χ2n) is 5.52. The van der Waals surface area contributed by atoms with Gasteiger partial charge in [-0.05, 0) is 36.8 Å². The molecule has 2 amide bonds. The fourth-order valence-electron chi connectivity index (χ4n) is 2.20. The van der Waals surface area contributed by atoms with Crippen molar-refractivity contribution in [3.63, 3.8) is 0 Å². The zero-order valence-electron chi connectivity index (χ0n) is 13.8. The van der Waals surface area contributed by atoms with Gasteiger partial charge in [-0.2, -0.15) is 0 Å². The van der Waals surface area contributed by atoms with Crippen molar-refractivity contribution in [1.82, 2.24) is 9.97 Å². The number of carbonyl (C=O) groups is 2. The lowest BCUT2D eigenvalue weighted by molar-refractivity contribution is -0.117. The monoisotopic (exact) mass is 386 g/mol. The average Bonchev–Trinajstić information content (AvgIpc) is 3.18. The summed E-state index contributed by atoms with van der Waals surface area (Å²) in [5.74, 6) is -0.441. The Morgan fingerprint density at radius 1 is 1.08 bits per heavy atom. The lowest BCUT2D eigenvalue weighted by Gasteiger charge is -2.13. The molecule has 2 N–H and O–H groups in total.